The summed E-state index contributed by atoms with van der Waals surface area (Å²) in [6.45, 7) is 5.17. The maximum atomic E-state index is 12.3. The smallest absolute Gasteiger partial charge is 0.315 e. The van der Waals surface area contributed by atoms with Gasteiger partial charge in [0.05, 0.1) is 6.04 Å². The Kier molecular flexibility index (Phi) is 4.28. The molecule has 1 saturated heterocycles. The van der Waals surface area contributed by atoms with E-state index in [4.69, 9.17) is 0 Å². The third-order valence-electron chi connectivity index (χ3n) is 5.21. The molecule has 2 saturated carbocycles. The number of rotatable bonds is 6. The summed E-state index contributed by atoms with van der Waals surface area (Å²) in [6, 6.07) is 0.918. The fourth-order valence-electron chi connectivity index (χ4n) is 3.56. The molecule has 1 aromatic heterocycles. The molecule has 2 atom stereocenters. The lowest BCUT2D eigenvalue weighted by atomic mass is 10.1. The van der Waals surface area contributed by atoms with Crippen molar-refractivity contribution in [1.82, 2.24) is 20.5 Å². The Bertz CT molecular complexity index is 567. The summed E-state index contributed by atoms with van der Waals surface area (Å²) in [4.78, 5) is 19.5. The molecule has 3 aliphatic rings. The molecule has 1 aromatic rings. The van der Waals surface area contributed by atoms with E-state index < -0.39 is 0 Å². The van der Waals surface area contributed by atoms with Crippen LogP contribution in [0.25, 0.3) is 0 Å². The average molecular weight is 334 g/mol. The van der Waals surface area contributed by atoms with Crippen LogP contribution in [-0.2, 0) is 0 Å². The number of aromatic nitrogens is 1. The van der Waals surface area contributed by atoms with Crippen molar-refractivity contribution in [2.75, 3.05) is 19.6 Å². The zero-order valence-corrected chi connectivity index (χ0v) is 14.6. The first kappa shape index (κ1) is 15.4. The number of carbonyl (C=O) groups is 1. The SMILES string of the molecule is Cc1csc([C@@H](NC(=O)NC[C@H]2CCN(C3CC3)C2)C2CC2)n1. The summed E-state index contributed by atoms with van der Waals surface area (Å²) in [5.41, 5.74) is 1.05. The van der Waals surface area contributed by atoms with E-state index in [1.54, 1.807) is 11.3 Å². The summed E-state index contributed by atoms with van der Waals surface area (Å²) in [6.07, 6.45) is 6.35. The Balaban J connectivity index is 1.25. The number of likely N-dealkylation sites (tertiary alicyclic amines) is 1. The number of carbonyl (C=O) groups excluding carboxylic acids is 1. The third-order valence-corrected chi connectivity index (χ3v) is 6.26. The second-order valence-electron chi connectivity index (χ2n) is 7.38. The first-order valence-electron chi connectivity index (χ1n) is 8.89. The topological polar surface area (TPSA) is 57.3 Å². The molecule has 126 valence electrons. The molecular weight excluding hydrogens is 308 g/mol. The van der Waals surface area contributed by atoms with E-state index in [0.717, 1.165) is 29.8 Å². The van der Waals surface area contributed by atoms with Gasteiger partial charge >= 0.3 is 6.03 Å². The predicted octanol–water partition coefficient (Wildman–Crippen LogP) is 2.69. The highest BCUT2D eigenvalue weighted by molar-refractivity contribution is 7.09. The van der Waals surface area contributed by atoms with Crippen molar-refractivity contribution >= 4 is 17.4 Å². The van der Waals surface area contributed by atoms with Gasteiger partial charge in [-0.15, -0.1) is 11.3 Å². The van der Waals surface area contributed by atoms with Crippen molar-refractivity contribution in [3.05, 3.63) is 16.1 Å². The molecule has 3 fully saturated rings. The van der Waals surface area contributed by atoms with Gasteiger partial charge in [0.25, 0.3) is 0 Å². The van der Waals surface area contributed by atoms with Crippen LogP contribution in [0.1, 0.15) is 48.8 Å². The molecule has 2 aliphatic carbocycles. The van der Waals surface area contributed by atoms with Crippen LogP contribution in [-0.4, -0.2) is 41.6 Å². The summed E-state index contributed by atoms with van der Waals surface area (Å²) in [7, 11) is 0. The minimum atomic E-state index is -0.0281. The van der Waals surface area contributed by atoms with Gasteiger partial charge in [0, 0.05) is 30.2 Å². The van der Waals surface area contributed by atoms with Gasteiger partial charge in [-0.2, -0.15) is 0 Å². The molecule has 0 spiro atoms. The highest BCUT2D eigenvalue weighted by Gasteiger charge is 2.36. The molecule has 0 radical (unpaired) electrons. The number of nitrogens with one attached hydrogen (secondary N) is 2. The van der Waals surface area contributed by atoms with E-state index in [2.05, 4.69) is 25.9 Å². The van der Waals surface area contributed by atoms with Gasteiger partial charge < -0.3 is 15.5 Å². The van der Waals surface area contributed by atoms with E-state index in [0.29, 0.717) is 11.8 Å². The van der Waals surface area contributed by atoms with Gasteiger partial charge in [-0.3, -0.25) is 0 Å². The van der Waals surface area contributed by atoms with Crippen molar-refractivity contribution < 1.29 is 4.79 Å². The van der Waals surface area contributed by atoms with Crippen molar-refractivity contribution in [3.8, 4) is 0 Å². The third kappa shape index (κ3) is 3.86. The molecule has 4 rings (SSSR count). The van der Waals surface area contributed by atoms with E-state index >= 15 is 0 Å². The summed E-state index contributed by atoms with van der Waals surface area (Å²) in [5, 5.41) is 9.38. The predicted molar refractivity (Wildman–Crippen MR) is 91.6 cm³/mol. The first-order chi connectivity index (χ1) is 11.2. The molecule has 0 bridgehead atoms. The van der Waals surface area contributed by atoms with Crippen LogP contribution in [0.15, 0.2) is 5.38 Å². The normalized spacial score (nSPS) is 26.2. The Morgan fingerprint density at radius 2 is 2.22 bits per heavy atom. The van der Waals surface area contributed by atoms with Gasteiger partial charge in [-0.05, 0) is 57.4 Å². The first-order valence-corrected chi connectivity index (χ1v) is 9.77. The molecule has 1 aliphatic heterocycles. The second-order valence-corrected chi connectivity index (χ2v) is 8.27. The number of amides is 2. The zero-order chi connectivity index (χ0) is 15.8. The van der Waals surface area contributed by atoms with Gasteiger partial charge in [-0.1, -0.05) is 0 Å². The number of hydrogen-bond donors (Lipinski definition) is 2. The fraction of sp³-hybridized carbons (Fsp3) is 0.765. The lowest BCUT2D eigenvalue weighted by Gasteiger charge is -2.18. The van der Waals surface area contributed by atoms with Crippen LogP contribution in [0.3, 0.4) is 0 Å². The Labute approximate surface area is 141 Å². The van der Waals surface area contributed by atoms with Gasteiger partial charge in [0.1, 0.15) is 5.01 Å². The van der Waals surface area contributed by atoms with Crippen LogP contribution in [0, 0.1) is 18.8 Å². The van der Waals surface area contributed by atoms with Crippen molar-refractivity contribution in [2.45, 2.75) is 51.1 Å². The van der Waals surface area contributed by atoms with Crippen LogP contribution in [0.2, 0.25) is 0 Å². The quantitative estimate of drug-likeness (QED) is 0.841. The Hall–Kier alpha value is -1.14. The van der Waals surface area contributed by atoms with E-state index in [1.165, 1.54) is 38.6 Å². The standard InChI is InChI=1S/C17H26N4OS/c1-11-10-23-16(19-11)15(13-2-3-13)20-17(22)18-8-12-6-7-21(9-12)14-4-5-14/h10,12-15H,2-9H2,1H3,(H2,18,20,22)/t12-,15+/m1/s1. The highest BCUT2D eigenvalue weighted by atomic mass is 32.1. The number of hydrogen-bond acceptors (Lipinski definition) is 4. The molecule has 0 aromatic carbocycles. The maximum Gasteiger partial charge on any atom is 0.315 e. The molecule has 23 heavy (non-hydrogen) atoms. The van der Waals surface area contributed by atoms with Gasteiger partial charge in [-0.25, -0.2) is 9.78 Å². The lowest BCUT2D eigenvalue weighted by molar-refractivity contribution is 0.233. The van der Waals surface area contributed by atoms with Crippen LogP contribution in [0.4, 0.5) is 4.79 Å². The zero-order valence-electron chi connectivity index (χ0n) is 13.8. The second kappa shape index (κ2) is 6.40. The minimum absolute atomic E-state index is 0.0281. The monoisotopic (exact) mass is 334 g/mol. The summed E-state index contributed by atoms with van der Waals surface area (Å²) in [5.74, 6) is 1.19. The molecule has 2 N–H and O–H groups in total. The van der Waals surface area contributed by atoms with Crippen LogP contribution >= 0.6 is 11.3 Å². The molecule has 2 amide bonds. The van der Waals surface area contributed by atoms with Crippen LogP contribution in [0.5, 0.6) is 0 Å². The average Bonchev–Trinajstić information content (AvgIpc) is 3.46. The van der Waals surface area contributed by atoms with Crippen molar-refractivity contribution in [3.63, 3.8) is 0 Å². The molecule has 2 heterocycles. The van der Waals surface area contributed by atoms with Crippen molar-refractivity contribution in [2.24, 2.45) is 11.8 Å². The van der Waals surface area contributed by atoms with E-state index in [9.17, 15) is 4.79 Å². The summed E-state index contributed by atoms with van der Waals surface area (Å²) < 4.78 is 0. The van der Waals surface area contributed by atoms with E-state index in [-0.39, 0.29) is 12.1 Å². The number of aryl methyl sites for hydroxylation is 1. The summed E-state index contributed by atoms with van der Waals surface area (Å²) >= 11 is 1.66. The fourth-order valence-corrected chi connectivity index (χ4v) is 4.49. The number of urea groups is 1. The van der Waals surface area contributed by atoms with Crippen molar-refractivity contribution in [1.29, 1.82) is 0 Å². The maximum absolute atomic E-state index is 12.3. The van der Waals surface area contributed by atoms with Crippen LogP contribution < -0.4 is 10.6 Å². The van der Waals surface area contributed by atoms with Gasteiger partial charge in [0.2, 0.25) is 0 Å². The Morgan fingerprint density at radius 3 is 2.87 bits per heavy atom. The highest BCUT2D eigenvalue weighted by Crippen LogP contribution is 2.41. The molecule has 5 nitrogen and oxygen atoms in total. The number of thiazole rings is 1. The lowest BCUT2D eigenvalue weighted by Crippen LogP contribution is -2.41. The number of nitrogens with zero attached hydrogens (tertiary/aromatic N) is 2. The largest absolute Gasteiger partial charge is 0.338 e. The van der Waals surface area contributed by atoms with Gasteiger partial charge in [0.15, 0.2) is 0 Å². The molecule has 0 unspecified atom stereocenters. The Morgan fingerprint density at radius 1 is 1.39 bits per heavy atom. The minimum Gasteiger partial charge on any atom is -0.338 e. The van der Waals surface area contributed by atoms with E-state index in [1.807, 2.05) is 6.92 Å². The molecule has 6 heteroatoms. The molecular formula is C17H26N4OS.